The molecule has 1 unspecified atom stereocenters. The van der Waals surface area contributed by atoms with Crippen molar-refractivity contribution in [1.29, 1.82) is 0 Å². The van der Waals surface area contributed by atoms with Crippen LogP contribution in [-0.4, -0.2) is 43.3 Å². The van der Waals surface area contributed by atoms with Crippen LogP contribution in [0.5, 0.6) is 0 Å². The molecule has 2 aliphatic rings. The number of carbonyl (C=O) groups excluding carboxylic acids is 2. The number of ketones is 1. The second-order valence-electron chi connectivity index (χ2n) is 5.81. The third-order valence-corrected chi connectivity index (χ3v) is 4.25. The molecule has 4 heteroatoms. The molecular weight excluding hydrogens is 228 g/mol. The van der Waals surface area contributed by atoms with Gasteiger partial charge in [-0.1, -0.05) is 0 Å². The molecule has 1 saturated carbocycles. The Labute approximate surface area is 109 Å². The van der Waals surface area contributed by atoms with Crippen LogP contribution in [0, 0.1) is 11.8 Å². The van der Waals surface area contributed by atoms with Gasteiger partial charge in [0.15, 0.2) is 0 Å². The minimum Gasteiger partial charge on any atom is -0.356 e. The van der Waals surface area contributed by atoms with Gasteiger partial charge in [0.05, 0.1) is 0 Å². The number of likely N-dealkylation sites (tertiary alicyclic amines) is 1. The first kappa shape index (κ1) is 13.5. The van der Waals surface area contributed by atoms with E-state index in [1.54, 1.807) is 0 Å². The molecule has 0 aromatic heterocycles. The van der Waals surface area contributed by atoms with Gasteiger partial charge in [-0.05, 0) is 45.2 Å². The molecule has 0 aromatic rings. The molecule has 1 saturated heterocycles. The molecule has 1 aliphatic heterocycles. The summed E-state index contributed by atoms with van der Waals surface area (Å²) in [6.45, 7) is 3.14. The van der Waals surface area contributed by atoms with Crippen LogP contribution < -0.4 is 5.32 Å². The van der Waals surface area contributed by atoms with Gasteiger partial charge in [0.1, 0.15) is 5.78 Å². The Morgan fingerprint density at radius 3 is 2.67 bits per heavy atom. The quantitative estimate of drug-likeness (QED) is 0.818. The van der Waals surface area contributed by atoms with Gasteiger partial charge in [0.25, 0.3) is 0 Å². The fourth-order valence-electron chi connectivity index (χ4n) is 3.01. The summed E-state index contributed by atoms with van der Waals surface area (Å²) in [6, 6.07) is 0. The lowest BCUT2D eigenvalue weighted by Crippen LogP contribution is -2.34. The van der Waals surface area contributed by atoms with E-state index in [1.807, 2.05) is 0 Å². The largest absolute Gasteiger partial charge is 0.356 e. The van der Waals surface area contributed by atoms with Crippen LogP contribution in [0.4, 0.5) is 0 Å². The maximum atomic E-state index is 11.9. The van der Waals surface area contributed by atoms with E-state index in [9.17, 15) is 9.59 Å². The SMILES string of the molecule is CN1CCC(CCNC(=O)C2CCC(=O)CC2)C1. The predicted molar refractivity (Wildman–Crippen MR) is 70.2 cm³/mol. The standard InChI is InChI=1S/C14H24N2O2/c1-16-9-7-11(10-16)6-8-15-14(18)12-2-4-13(17)5-3-12/h11-12H,2-10H2,1H3,(H,15,18). The molecule has 0 spiro atoms. The molecule has 4 nitrogen and oxygen atoms in total. The van der Waals surface area contributed by atoms with Crippen LogP contribution in [0.2, 0.25) is 0 Å². The van der Waals surface area contributed by atoms with Crippen LogP contribution in [0.15, 0.2) is 0 Å². The normalized spacial score (nSPS) is 26.5. The molecule has 1 heterocycles. The van der Waals surface area contributed by atoms with Gasteiger partial charge < -0.3 is 10.2 Å². The molecule has 1 amide bonds. The van der Waals surface area contributed by atoms with Crippen molar-refractivity contribution in [3.05, 3.63) is 0 Å². The van der Waals surface area contributed by atoms with Crippen molar-refractivity contribution in [3.8, 4) is 0 Å². The van der Waals surface area contributed by atoms with Crippen molar-refractivity contribution < 1.29 is 9.59 Å². The first-order valence-corrected chi connectivity index (χ1v) is 7.13. The summed E-state index contributed by atoms with van der Waals surface area (Å²) in [5.41, 5.74) is 0. The van der Waals surface area contributed by atoms with E-state index >= 15 is 0 Å². The highest BCUT2D eigenvalue weighted by Crippen LogP contribution is 2.22. The highest BCUT2D eigenvalue weighted by atomic mass is 16.2. The van der Waals surface area contributed by atoms with Crippen molar-refractivity contribution in [2.45, 2.75) is 38.5 Å². The Morgan fingerprint density at radius 1 is 1.33 bits per heavy atom. The second kappa shape index (κ2) is 6.32. The minimum absolute atomic E-state index is 0.0777. The molecule has 2 fully saturated rings. The monoisotopic (exact) mass is 252 g/mol. The smallest absolute Gasteiger partial charge is 0.223 e. The highest BCUT2D eigenvalue weighted by molar-refractivity contribution is 5.84. The summed E-state index contributed by atoms with van der Waals surface area (Å²) in [4.78, 5) is 25.4. The summed E-state index contributed by atoms with van der Waals surface area (Å²) < 4.78 is 0. The number of carbonyl (C=O) groups is 2. The Hall–Kier alpha value is -0.900. The molecule has 102 valence electrons. The lowest BCUT2D eigenvalue weighted by Gasteiger charge is -2.20. The van der Waals surface area contributed by atoms with Crippen LogP contribution >= 0.6 is 0 Å². The van der Waals surface area contributed by atoms with Crippen molar-refractivity contribution >= 4 is 11.7 Å². The van der Waals surface area contributed by atoms with Crippen molar-refractivity contribution in [3.63, 3.8) is 0 Å². The lowest BCUT2D eigenvalue weighted by atomic mass is 9.88. The lowest BCUT2D eigenvalue weighted by molar-refractivity contribution is -0.128. The fraction of sp³-hybridized carbons (Fsp3) is 0.857. The fourth-order valence-corrected chi connectivity index (χ4v) is 3.01. The number of Topliss-reactive ketones (excluding diaryl/α,β-unsaturated/α-hetero) is 1. The van der Waals surface area contributed by atoms with E-state index in [1.165, 1.54) is 13.0 Å². The van der Waals surface area contributed by atoms with Crippen LogP contribution in [-0.2, 0) is 9.59 Å². The molecule has 2 rings (SSSR count). The summed E-state index contributed by atoms with van der Waals surface area (Å²) in [5, 5.41) is 3.04. The van der Waals surface area contributed by atoms with E-state index in [0.29, 0.717) is 18.6 Å². The molecule has 1 atom stereocenters. The third-order valence-electron chi connectivity index (χ3n) is 4.25. The summed E-state index contributed by atoms with van der Waals surface area (Å²) in [6.07, 6.45) is 5.01. The van der Waals surface area contributed by atoms with E-state index < -0.39 is 0 Å². The molecule has 18 heavy (non-hydrogen) atoms. The van der Waals surface area contributed by atoms with Gasteiger partial charge in [-0.2, -0.15) is 0 Å². The number of rotatable bonds is 4. The number of nitrogens with zero attached hydrogens (tertiary/aromatic N) is 1. The van der Waals surface area contributed by atoms with Crippen LogP contribution in [0.1, 0.15) is 38.5 Å². The van der Waals surface area contributed by atoms with Crippen molar-refractivity contribution in [1.82, 2.24) is 10.2 Å². The van der Waals surface area contributed by atoms with Crippen LogP contribution in [0.25, 0.3) is 0 Å². The van der Waals surface area contributed by atoms with Gasteiger partial charge in [-0.25, -0.2) is 0 Å². The van der Waals surface area contributed by atoms with E-state index in [2.05, 4.69) is 17.3 Å². The summed E-state index contributed by atoms with van der Waals surface area (Å²) in [5.74, 6) is 1.29. The second-order valence-corrected chi connectivity index (χ2v) is 5.81. The average Bonchev–Trinajstić information content (AvgIpc) is 2.76. The molecular formula is C14H24N2O2. The number of hydrogen-bond donors (Lipinski definition) is 1. The van der Waals surface area contributed by atoms with E-state index in [-0.39, 0.29) is 11.8 Å². The molecule has 1 N–H and O–H groups in total. The zero-order valence-electron chi connectivity index (χ0n) is 11.3. The Bertz CT molecular complexity index is 307. The van der Waals surface area contributed by atoms with Crippen LogP contribution in [0.3, 0.4) is 0 Å². The maximum absolute atomic E-state index is 11.9. The van der Waals surface area contributed by atoms with Gasteiger partial charge in [0, 0.05) is 31.8 Å². The summed E-state index contributed by atoms with van der Waals surface area (Å²) in [7, 11) is 2.15. The first-order valence-electron chi connectivity index (χ1n) is 7.13. The zero-order valence-corrected chi connectivity index (χ0v) is 11.3. The third kappa shape index (κ3) is 3.80. The Morgan fingerprint density at radius 2 is 2.06 bits per heavy atom. The zero-order chi connectivity index (χ0) is 13.0. The molecule has 1 aliphatic carbocycles. The first-order chi connectivity index (χ1) is 8.65. The molecule has 0 bridgehead atoms. The average molecular weight is 252 g/mol. The Kier molecular flexibility index (Phi) is 4.75. The number of amides is 1. The van der Waals surface area contributed by atoms with Gasteiger partial charge in [-0.3, -0.25) is 9.59 Å². The predicted octanol–water partition coefficient (Wildman–Crippen LogP) is 1.20. The van der Waals surface area contributed by atoms with E-state index in [0.717, 1.165) is 38.3 Å². The summed E-state index contributed by atoms with van der Waals surface area (Å²) >= 11 is 0. The minimum atomic E-state index is 0.0777. The number of nitrogens with one attached hydrogen (secondary N) is 1. The van der Waals surface area contributed by atoms with Crippen molar-refractivity contribution in [2.75, 3.05) is 26.7 Å². The maximum Gasteiger partial charge on any atom is 0.223 e. The molecule has 0 aromatic carbocycles. The number of hydrogen-bond acceptors (Lipinski definition) is 3. The van der Waals surface area contributed by atoms with Gasteiger partial charge in [-0.15, -0.1) is 0 Å². The van der Waals surface area contributed by atoms with Gasteiger partial charge >= 0.3 is 0 Å². The topological polar surface area (TPSA) is 49.4 Å². The molecule has 0 radical (unpaired) electrons. The van der Waals surface area contributed by atoms with Gasteiger partial charge in [0.2, 0.25) is 5.91 Å². The highest BCUT2D eigenvalue weighted by Gasteiger charge is 2.25. The van der Waals surface area contributed by atoms with E-state index in [4.69, 9.17) is 0 Å². The Balaban J connectivity index is 1.61. The van der Waals surface area contributed by atoms with Crippen molar-refractivity contribution in [2.24, 2.45) is 11.8 Å².